The van der Waals surface area contributed by atoms with Crippen molar-refractivity contribution in [2.45, 2.75) is 6.92 Å². The van der Waals surface area contributed by atoms with Crippen molar-refractivity contribution < 1.29 is 0 Å². The molecule has 0 unspecified atom stereocenters. The van der Waals surface area contributed by atoms with Gasteiger partial charge < -0.3 is 10.6 Å². The minimum Gasteiger partial charge on any atom is -0.373 e. The molecule has 0 saturated carbocycles. The van der Waals surface area contributed by atoms with Crippen molar-refractivity contribution in [3.63, 3.8) is 0 Å². The van der Waals surface area contributed by atoms with Crippen molar-refractivity contribution in [3.8, 4) is 0 Å². The molecule has 2 N–H and O–H groups in total. The van der Waals surface area contributed by atoms with Crippen LogP contribution in [0, 0.1) is 6.92 Å². The fraction of sp³-hybridized carbons (Fsp3) is 0.154. The molecule has 1 aromatic carbocycles. The minimum atomic E-state index is 0.851. The van der Waals surface area contributed by atoms with E-state index in [1.165, 1.54) is 5.56 Å². The van der Waals surface area contributed by atoms with Crippen molar-refractivity contribution in [2.24, 2.45) is 0 Å². The number of anilines is 3. The van der Waals surface area contributed by atoms with Crippen LogP contribution in [-0.4, -0.2) is 12.0 Å². The van der Waals surface area contributed by atoms with E-state index in [2.05, 4.69) is 44.5 Å². The molecule has 17 heavy (non-hydrogen) atoms. The molecule has 0 aliphatic rings. The van der Waals surface area contributed by atoms with Gasteiger partial charge in [-0.3, -0.25) is 0 Å². The van der Waals surface area contributed by atoms with Crippen LogP contribution in [0.5, 0.6) is 0 Å². The van der Waals surface area contributed by atoms with E-state index in [1.807, 2.05) is 31.3 Å². The molecule has 2 aromatic rings. The number of halogens is 1. The van der Waals surface area contributed by atoms with Gasteiger partial charge in [-0.2, -0.15) is 0 Å². The summed E-state index contributed by atoms with van der Waals surface area (Å²) in [5, 5.41) is 6.36. The third kappa shape index (κ3) is 2.97. The van der Waals surface area contributed by atoms with E-state index < -0.39 is 0 Å². The number of rotatable bonds is 3. The van der Waals surface area contributed by atoms with Gasteiger partial charge >= 0.3 is 0 Å². The molecular weight excluding hydrogens is 278 g/mol. The van der Waals surface area contributed by atoms with Gasteiger partial charge in [0, 0.05) is 35.2 Å². The second-order valence-electron chi connectivity index (χ2n) is 3.77. The highest BCUT2D eigenvalue weighted by atomic mass is 79.9. The minimum absolute atomic E-state index is 0.851. The van der Waals surface area contributed by atoms with Gasteiger partial charge in [-0.1, -0.05) is 15.9 Å². The Kier molecular flexibility index (Phi) is 3.64. The van der Waals surface area contributed by atoms with E-state index in [4.69, 9.17) is 0 Å². The lowest BCUT2D eigenvalue weighted by molar-refractivity contribution is 1.28. The SMILES string of the molecule is CNc1cc(Nc2ccc(Br)c(C)c2)ccn1. The summed E-state index contributed by atoms with van der Waals surface area (Å²) in [5.41, 5.74) is 3.29. The molecular formula is C13H14BrN3. The number of aryl methyl sites for hydroxylation is 1. The average molecular weight is 292 g/mol. The monoisotopic (exact) mass is 291 g/mol. The number of nitrogens with one attached hydrogen (secondary N) is 2. The topological polar surface area (TPSA) is 37.0 Å². The normalized spacial score (nSPS) is 10.1. The highest BCUT2D eigenvalue weighted by molar-refractivity contribution is 9.10. The van der Waals surface area contributed by atoms with E-state index in [0.717, 1.165) is 21.7 Å². The molecule has 0 bridgehead atoms. The van der Waals surface area contributed by atoms with Crippen LogP contribution in [0.3, 0.4) is 0 Å². The van der Waals surface area contributed by atoms with Gasteiger partial charge in [0.05, 0.1) is 0 Å². The summed E-state index contributed by atoms with van der Waals surface area (Å²) in [6.07, 6.45) is 1.78. The van der Waals surface area contributed by atoms with Crippen LogP contribution in [0.4, 0.5) is 17.2 Å². The summed E-state index contributed by atoms with van der Waals surface area (Å²) in [5.74, 6) is 0.851. The van der Waals surface area contributed by atoms with Crippen molar-refractivity contribution in [3.05, 3.63) is 46.6 Å². The van der Waals surface area contributed by atoms with Gasteiger partial charge in [0.1, 0.15) is 5.82 Å². The molecule has 0 aliphatic heterocycles. The Hall–Kier alpha value is -1.55. The van der Waals surface area contributed by atoms with Crippen LogP contribution in [0.15, 0.2) is 41.0 Å². The number of hydrogen-bond acceptors (Lipinski definition) is 3. The Morgan fingerprint density at radius 2 is 1.88 bits per heavy atom. The summed E-state index contributed by atoms with van der Waals surface area (Å²) in [4.78, 5) is 4.17. The number of benzene rings is 1. The van der Waals surface area contributed by atoms with E-state index in [1.54, 1.807) is 6.20 Å². The zero-order valence-corrected chi connectivity index (χ0v) is 11.4. The molecule has 0 atom stereocenters. The lowest BCUT2D eigenvalue weighted by Crippen LogP contribution is -1.95. The number of pyridine rings is 1. The lowest BCUT2D eigenvalue weighted by atomic mass is 10.2. The van der Waals surface area contributed by atoms with E-state index in [0.29, 0.717) is 0 Å². The van der Waals surface area contributed by atoms with Gasteiger partial charge in [0.25, 0.3) is 0 Å². The second-order valence-corrected chi connectivity index (χ2v) is 4.62. The molecule has 0 fully saturated rings. The van der Waals surface area contributed by atoms with Gasteiger partial charge in [-0.05, 0) is 36.8 Å². The third-order valence-corrected chi connectivity index (χ3v) is 3.35. The van der Waals surface area contributed by atoms with Crippen LogP contribution in [0.1, 0.15) is 5.56 Å². The summed E-state index contributed by atoms with van der Waals surface area (Å²) in [6, 6.07) is 10.1. The third-order valence-electron chi connectivity index (χ3n) is 2.46. The van der Waals surface area contributed by atoms with Crippen molar-refractivity contribution >= 4 is 33.1 Å². The van der Waals surface area contributed by atoms with Gasteiger partial charge in [-0.15, -0.1) is 0 Å². The number of hydrogen-bond donors (Lipinski definition) is 2. The molecule has 3 nitrogen and oxygen atoms in total. The Labute approximate surface area is 109 Å². The predicted molar refractivity (Wildman–Crippen MR) is 75.9 cm³/mol. The Balaban J connectivity index is 2.22. The first-order chi connectivity index (χ1) is 8.19. The highest BCUT2D eigenvalue weighted by Crippen LogP contribution is 2.23. The summed E-state index contributed by atoms with van der Waals surface area (Å²) in [6.45, 7) is 2.07. The lowest BCUT2D eigenvalue weighted by Gasteiger charge is -2.09. The van der Waals surface area contributed by atoms with E-state index in [-0.39, 0.29) is 0 Å². The Bertz CT molecular complexity index is 526. The molecule has 1 heterocycles. The molecule has 0 amide bonds. The van der Waals surface area contributed by atoms with Crippen LogP contribution in [0.2, 0.25) is 0 Å². The number of aromatic nitrogens is 1. The molecule has 0 radical (unpaired) electrons. The molecule has 1 aromatic heterocycles. The first-order valence-electron chi connectivity index (χ1n) is 5.36. The van der Waals surface area contributed by atoms with Crippen molar-refractivity contribution in [1.82, 2.24) is 4.98 Å². The first kappa shape index (κ1) is 11.9. The van der Waals surface area contributed by atoms with Crippen LogP contribution < -0.4 is 10.6 Å². The molecule has 0 aliphatic carbocycles. The van der Waals surface area contributed by atoms with E-state index in [9.17, 15) is 0 Å². The Morgan fingerprint density at radius 1 is 1.12 bits per heavy atom. The maximum Gasteiger partial charge on any atom is 0.127 e. The van der Waals surface area contributed by atoms with Crippen LogP contribution in [-0.2, 0) is 0 Å². The van der Waals surface area contributed by atoms with Crippen LogP contribution >= 0.6 is 15.9 Å². The molecule has 88 valence electrons. The summed E-state index contributed by atoms with van der Waals surface area (Å²) < 4.78 is 1.12. The van der Waals surface area contributed by atoms with Gasteiger partial charge in [0.15, 0.2) is 0 Å². The maximum absolute atomic E-state index is 4.17. The second kappa shape index (κ2) is 5.19. The first-order valence-corrected chi connectivity index (χ1v) is 6.15. The quantitative estimate of drug-likeness (QED) is 0.899. The maximum atomic E-state index is 4.17. The molecule has 0 spiro atoms. The number of nitrogens with zero attached hydrogens (tertiary/aromatic N) is 1. The summed E-state index contributed by atoms with van der Waals surface area (Å²) in [7, 11) is 1.86. The molecule has 0 saturated heterocycles. The highest BCUT2D eigenvalue weighted by Gasteiger charge is 1.99. The summed E-state index contributed by atoms with van der Waals surface area (Å²) >= 11 is 3.49. The van der Waals surface area contributed by atoms with Crippen LogP contribution in [0.25, 0.3) is 0 Å². The average Bonchev–Trinajstić information content (AvgIpc) is 2.34. The van der Waals surface area contributed by atoms with Crippen molar-refractivity contribution in [2.75, 3.05) is 17.7 Å². The standard InChI is InChI=1S/C13H14BrN3/c1-9-7-10(3-4-12(9)14)17-11-5-6-16-13(8-11)15-2/h3-8H,1-2H3,(H2,15,16,17). The van der Waals surface area contributed by atoms with Gasteiger partial charge in [-0.25, -0.2) is 4.98 Å². The molecule has 2 rings (SSSR count). The zero-order valence-electron chi connectivity index (χ0n) is 9.79. The van der Waals surface area contributed by atoms with E-state index >= 15 is 0 Å². The fourth-order valence-electron chi connectivity index (χ4n) is 1.53. The zero-order chi connectivity index (χ0) is 12.3. The molecule has 4 heteroatoms. The largest absolute Gasteiger partial charge is 0.373 e. The predicted octanol–water partition coefficient (Wildman–Crippen LogP) is 3.94. The Morgan fingerprint density at radius 3 is 2.59 bits per heavy atom. The fourth-order valence-corrected chi connectivity index (χ4v) is 1.78. The van der Waals surface area contributed by atoms with Gasteiger partial charge in [0.2, 0.25) is 0 Å². The van der Waals surface area contributed by atoms with Crippen molar-refractivity contribution in [1.29, 1.82) is 0 Å². The smallest absolute Gasteiger partial charge is 0.127 e.